The number of hydrogen-bond donors (Lipinski definition) is 1. The van der Waals surface area contributed by atoms with Gasteiger partial charge >= 0.3 is 0 Å². The number of carbonyl (C=O) groups is 2. The Balaban J connectivity index is 1.58. The largest absolute Gasteiger partial charge is 0.339 e. The average molecular weight is 354 g/mol. The van der Waals surface area contributed by atoms with Gasteiger partial charge in [-0.25, -0.2) is 0 Å². The van der Waals surface area contributed by atoms with Crippen LogP contribution < -0.4 is 5.32 Å². The Morgan fingerprint density at radius 1 is 1.00 bits per heavy atom. The minimum absolute atomic E-state index is 0.0809. The predicted octanol–water partition coefficient (Wildman–Crippen LogP) is 4.42. The lowest BCUT2D eigenvalue weighted by molar-refractivity contribution is -0.111. The van der Waals surface area contributed by atoms with Crippen LogP contribution in [0.2, 0.25) is 0 Å². The molecule has 1 aromatic heterocycles. The third-order valence-electron chi connectivity index (χ3n) is 4.23. The van der Waals surface area contributed by atoms with Crippen molar-refractivity contribution in [3.8, 4) is 0 Å². The molecule has 1 aliphatic rings. The van der Waals surface area contributed by atoms with E-state index in [9.17, 15) is 9.59 Å². The highest BCUT2D eigenvalue weighted by Crippen LogP contribution is 2.16. The number of anilines is 1. The molecule has 1 saturated heterocycles. The van der Waals surface area contributed by atoms with E-state index in [1.54, 1.807) is 41.7 Å². The van der Waals surface area contributed by atoms with Gasteiger partial charge in [-0.05, 0) is 54.6 Å². The van der Waals surface area contributed by atoms with Crippen LogP contribution in [0.25, 0.3) is 6.08 Å². The molecular formula is C20H22N2O2S. The number of rotatable bonds is 4. The Bertz CT molecular complexity index is 728. The number of benzene rings is 1. The van der Waals surface area contributed by atoms with E-state index in [2.05, 4.69) is 5.32 Å². The summed E-state index contributed by atoms with van der Waals surface area (Å²) in [6.07, 6.45) is 7.87. The molecule has 130 valence electrons. The second-order valence-electron chi connectivity index (χ2n) is 6.12. The smallest absolute Gasteiger partial charge is 0.253 e. The number of carbonyl (C=O) groups excluding carboxylic acids is 2. The minimum atomic E-state index is -0.181. The van der Waals surface area contributed by atoms with Gasteiger partial charge in [-0.15, -0.1) is 11.3 Å². The van der Waals surface area contributed by atoms with E-state index in [1.165, 1.54) is 18.9 Å². The lowest BCUT2D eigenvalue weighted by Gasteiger charge is -2.20. The first-order valence-corrected chi connectivity index (χ1v) is 9.52. The summed E-state index contributed by atoms with van der Waals surface area (Å²) in [4.78, 5) is 27.5. The van der Waals surface area contributed by atoms with Gasteiger partial charge in [0.15, 0.2) is 0 Å². The molecule has 1 aromatic carbocycles. The van der Waals surface area contributed by atoms with Crippen molar-refractivity contribution in [1.82, 2.24) is 4.90 Å². The number of nitrogens with one attached hydrogen (secondary N) is 1. The third-order valence-corrected chi connectivity index (χ3v) is 5.07. The highest BCUT2D eigenvalue weighted by atomic mass is 32.1. The molecule has 0 saturated carbocycles. The van der Waals surface area contributed by atoms with Crippen molar-refractivity contribution in [2.75, 3.05) is 18.4 Å². The lowest BCUT2D eigenvalue weighted by atomic mass is 10.1. The molecule has 1 N–H and O–H groups in total. The summed E-state index contributed by atoms with van der Waals surface area (Å²) < 4.78 is 0. The maximum absolute atomic E-state index is 12.5. The van der Waals surface area contributed by atoms with Crippen LogP contribution in [0.3, 0.4) is 0 Å². The second-order valence-corrected chi connectivity index (χ2v) is 7.10. The van der Waals surface area contributed by atoms with Crippen molar-refractivity contribution < 1.29 is 9.59 Å². The Morgan fingerprint density at radius 3 is 2.36 bits per heavy atom. The summed E-state index contributed by atoms with van der Waals surface area (Å²) in [5.74, 6) is -0.0997. The molecule has 0 atom stereocenters. The molecule has 3 rings (SSSR count). The van der Waals surface area contributed by atoms with Gasteiger partial charge in [-0.3, -0.25) is 9.59 Å². The predicted molar refractivity (Wildman–Crippen MR) is 103 cm³/mol. The molecule has 25 heavy (non-hydrogen) atoms. The summed E-state index contributed by atoms with van der Waals surface area (Å²) in [5, 5.41) is 4.78. The van der Waals surface area contributed by atoms with Gasteiger partial charge < -0.3 is 10.2 Å². The summed E-state index contributed by atoms with van der Waals surface area (Å²) in [7, 11) is 0. The second kappa shape index (κ2) is 8.62. The van der Waals surface area contributed by atoms with Crippen LogP contribution in [0, 0.1) is 0 Å². The molecule has 1 fully saturated rings. The summed E-state index contributed by atoms with van der Waals surface area (Å²) in [5.41, 5.74) is 1.36. The van der Waals surface area contributed by atoms with Crippen molar-refractivity contribution in [2.24, 2.45) is 0 Å². The van der Waals surface area contributed by atoms with E-state index in [1.807, 2.05) is 22.4 Å². The van der Waals surface area contributed by atoms with Crippen molar-refractivity contribution >= 4 is 34.9 Å². The first-order valence-electron chi connectivity index (χ1n) is 8.64. The van der Waals surface area contributed by atoms with Gasteiger partial charge in [0, 0.05) is 35.3 Å². The van der Waals surface area contributed by atoms with E-state index in [4.69, 9.17) is 0 Å². The fourth-order valence-electron chi connectivity index (χ4n) is 2.88. The van der Waals surface area contributed by atoms with Gasteiger partial charge in [0.1, 0.15) is 0 Å². The van der Waals surface area contributed by atoms with E-state index in [0.29, 0.717) is 11.3 Å². The Labute approximate surface area is 152 Å². The maximum atomic E-state index is 12.5. The monoisotopic (exact) mass is 354 g/mol. The lowest BCUT2D eigenvalue weighted by Crippen LogP contribution is -2.31. The minimum Gasteiger partial charge on any atom is -0.339 e. The average Bonchev–Trinajstić information content (AvgIpc) is 3.00. The molecule has 4 nitrogen and oxygen atoms in total. The van der Waals surface area contributed by atoms with Crippen LogP contribution in [0.1, 0.15) is 40.9 Å². The van der Waals surface area contributed by atoms with Crippen LogP contribution in [-0.4, -0.2) is 29.8 Å². The number of hydrogen-bond acceptors (Lipinski definition) is 3. The van der Waals surface area contributed by atoms with Gasteiger partial charge in [-0.2, -0.15) is 0 Å². The molecule has 0 unspecified atom stereocenters. The van der Waals surface area contributed by atoms with E-state index in [0.717, 1.165) is 30.8 Å². The van der Waals surface area contributed by atoms with Crippen LogP contribution >= 0.6 is 11.3 Å². The zero-order valence-corrected chi connectivity index (χ0v) is 14.9. The normalized spacial score (nSPS) is 15.1. The highest BCUT2D eigenvalue weighted by Gasteiger charge is 2.17. The molecule has 1 aliphatic heterocycles. The number of nitrogens with zero attached hydrogens (tertiary/aromatic N) is 1. The maximum Gasteiger partial charge on any atom is 0.253 e. The van der Waals surface area contributed by atoms with Crippen molar-refractivity contribution in [2.45, 2.75) is 25.7 Å². The SMILES string of the molecule is O=C(/C=C/c1cccs1)Nc1ccc(C(=O)N2CCCCCC2)cc1. The van der Waals surface area contributed by atoms with Crippen molar-refractivity contribution in [1.29, 1.82) is 0 Å². The Kier molecular flexibility index (Phi) is 6.01. The van der Waals surface area contributed by atoms with Crippen molar-refractivity contribution in [3.05, 3.63) is 58.3 Å². The molecule has 0 bridgehead atoms. The fourth-order valence-corrected chi connectivity index (χ4v) is 3.50. The topological polar surface area (TPSA) is 49.4 Å². The first-order chi connectivity index (χ1) is 12.2. The molecule has 0 aliphatic carbocycles. The molecule has 0 spiro atoms. The van der Waals surface area contributed by atoms with E-state index in [-0.39, 0.29) is 11.8 Å². The van der Waals surface area contributed by atoms with Crippen LogP contribution in [0.15, 0.2) is 47.9 Å². The van der Waals surface area contributed by atoms with Crippen molar-refractivity contribution in [3.63, 3.8) is 0 Å². The van der Waals surface area contributed by atoms with Gasteiger partial charge in [-0.1, -0.05) is 18.9 Å². The van der Waals surface area contributed by atoms with E-state index < -0.39 is 0 Å². The zero-order chi connectivity index (χ0) is 17.5. The van der Waals surface area contributed by atoms with Gasteiger partial charge in [0.25, 0.3) is 5.91 Å². The number of amides is 2. The van der Waals surface area contributed by atoms with Crippen LogP contribution in [0.4, 0.5) is 5.69 Å². The summed E-state index contributed by atoms with van der Waals surface area (Å²) >= 11 is 1.58. The molecule has 2 aromatic rings. The third kappa shape index (κ3) is 5.03. The number of thiophene rings is 1. The molecular weight excluding hydrogens is 332 g/mol. The molecule has 2 heterocycles. The number of likely N-dealkylation sites (tertiary alicyclic amines) is 1. The zero-order valence-electron chi connectivity index (χ0n) is 14.1. The van der Waals surface area contributed by atoms with Gasteiger partial charge in [0.05, 0.1) is 0 Å². The van der Waals surface area contributed by atoms with Crippen LogP contribution in [-0.2, 0) is 4.79 Å². The quantitative estimate of drug-likeness (QED) is 0.827. The molecule has 5 heteroatoms. The summed E-state index contributed by atoms with van der Waals surface area (Å²) in [6, 6.07) is 11.0. The molecule has 0 radical (unpaired) electrons. The standard InChI is InChI=1S/C20H22N2O2S/c23-19(12-11-18-6-5-15-25-18)21-17-9-7-16(8-10-17)20(24)22-13-3-1-2-4-14-22/h5-12,15H,1-4,13-14H2,(H,21,23)/b12-11+. The highest BCUT2D eigenvalue weighted by molar-refractivity contribution is 7.10. The van der Waals surface area contributed by atoms with E-state index >= 15 is 0 Å². The van der Waals surface area contributed by atoms with Gasteiger partial charge in [0.2, 0.25) is 5.91 Å². The fraction of sp³-hybridized carbons (Fsp3) is 0.300. The summed E-state index contributed by atoms with van der Waals surface area (Å²) in [6.45, 7) is 1.68. The molecule has 2 amide bonds. The Hall–Kier alpha value is -2.40. The Morgan fingerprint density at radius 2 is 1.72 bits per heavy atom. The van der Waals surface area contributed by atoms with Crippen LogP contribution in [0.5, 0.6) is 0 Å². The first kappa shape index (κ1) is 17.4.